The quantitative estimate of drug-likeness (QED) is 0.783. The van der Waals surface area contributed by atoms with E-state index in [1.165, 1.54) is 6.42 Å². The summed E-state index contributed by atoms with van der Waals surface area (Å²) < 4.78 is 1.84. The maximum absolute atomic E-state index is 12.8. The first-order valence-electron chi connectivity index (χ1n) is 9.56. The second-order valence-electron chi connectivity index (χ2n) is 8.02. The highest BCUT2D eigenvalue weighted by Crippen LogP contribution is 2.39. The summed E-state index contributed by atoms with van der Waals surface area (Å²) in [4.78, 5) is 12.8. The van der Waals surface area contributed by atoms with Gasteiger partial charge in [0.2, 0.25) is 0 Å². The van der Waals surface area contributed by atoms with Crippen molar-refractivity contribution in [3.05, 3.63) is 23.1 Å². The van der Waals surface area contributed by atoms with Crippen LogP contribution in [0.25, 0.3) is 11.3 Å². The number of aromatic nitrogens is 4. The van der Waals surface area contributed by atoms with Crippen molar-refractivity contribution >= 4 is 5.91 Å². The van der Waals surface area contributed by atoms with Gasteiger partial charge in [-0.05, 0) is 57.4 Å². The maximum Gasteiger partial charge on any atom is 0.269 e. The second kappa shape index (κ2) is 6.54. The van der Waals surface area contributed by atoms with Gasteiger partial charge >= 0.3 is 0 Å². The van der Waals surface area contributed by atoms with E-state index in [2.05, 4.69) is 20.6 Å². The molecule has 140 valence electrons. The largest absolute Gasteiger partial charge is 0.347 e. The summed E-state index contributed by atoms with van der Waals surface area (Å²) >= 11 is 0. The first kappa shape index (κ1) is 17.3. The van der Waals surface area contributed by atoms with Crippen LogP contribution in [0.1, 0.15) is 54.0 Å². The van der Waals surface area contributed by atoms with Crippen molar-refractivity contribution in [3.8, 4) is 11.3 Å². The van der Waals surface area contributed by atoms with E-state index in [9.17, 15) is 4.79 Å². The van der Waals surface area contributed by atoms with Crippen LogP contribution < -0.4 is 11.1 Å². The SMILES string of the molecule is Cc1nn(C)c(C)c1-c1cc(C(=O)NC2C3CCCC2CC(N)C3)[nH]n1. The topological polar surface area (TPSA) is 102 Å². The highest BCUT2D eigenvalue weighted by molar-refractivity contribution is 5.93. The number of hydrogen-bond acceptors (Lipinski definition) is 4. The number of rotatable bonds is 3. The van der Waals surface area contributed by atoms with E-state index in [-0.39, 0.29) is 18.0 Å². The van der Waals surface area contributed by atoms with Crippen molar-refractivity contribution in [2.24, 2.45) is 24.6 Å². The predicted molar refractivity (Wildman–Crippen MR) is 99.6 cm³/mol. The highest BCUT2D eigenvalue weighted by atomic mass is 16.2. The van der Waals surface area contributed by atoms with Crippen LogP contribution in [0, 0.1) is 25.7 Å². The number of nitrogens with zero attached hydrogens (tertiary/aromatic N) is 3. The lowest BCUT2D eigenvalue weighted by Gasteiger charge is -2.45. The van der Waals surface area contributed by atoms with Crippen LogP contribution in [-0.2, 0) is 7.05 Å². The van der Waals surface area contributed by atoms with Crippen LogP contribution in [0.3, 0.4) is 0 Å². The van der Waals surface area contributed by atoms with Crippen LogP contribution >= 0.6 is 0 Å². The van der Waals surface area contributed by atoms with Gasteiger partial charge < -0.3 is 11.1 Å². The Labute approximate surface area is 153 Å². The molecule has 0 saturated heterocycles. The zero-order chi connectivity index (χ0) is 18.4. The number of carbonyl (C=O) groups is 1. The minimum Gasteiger partial charge on any atom is -0.347 e. The Morgan fingerprint density at radius 2 is 2.00 bits per heavy atom. The lowest BCUT2D eigenvalue weighted by molar-refractivity contribution is 0.0751. The molecule has 2 atom stereocenters. The predicted octanol–water partition coefficient (Wildman–Crippen LogP) is 2.06. The zero-order valence-electron chi connectivity index (χ0n) is 15.7. The van der Waals surface area contributed by atoms with Gasteiger partial charge in [0.15, 0.2) is 0 Å². The monoisotopic (exact) mass is 356 g/mol. The number of H-pyrrole nitrogens is 1. The standard InChI is InChI=1S/C19H28N6O/c1-10-17(11(2)25(3)24-10)15-9-16(23-22-15)19(26)21-18-12-5-4-6-13(18)8-14(20)7-12/h9,12-14,18H,4-8,20H2,1-3H3,(H,21,26)(H,22,23). The molecule has 1 amide bonds. The third-order valence-corrected chi connectivity index (χ3v) is 6.26. The number of fused-ring (bicyclic) bond motifs is 2. The molecule has 2 aromatic rings. The van der Waals surface area contributed by atoms with Crippen LogP contribution in [0.4, 0.5) is 0 Å². The molecule has 4 N–H and O–H groups in total. The van der Waals surface area contributed by atoms with E-state index in [1.54, 1.807) is 0 Å². The van der Waals surface area contributed by atoms with Crippen molar-refractivity contribution in [1.82, 2.24) is 25.3 Å². The fourth-order valence-electron chi connectivity index (χ4n) is 4.96. The van der Waals surface area contributed by atoms with Crippen LogP contribution in [-0.4, -0.2) is 38.0 Å². The summed E-state index contributed by atoms with van der Waals surface area (Å²) in [5.74, 6) is 0.943. The Morgan fingerprint density at radius 3 is 2.62 bits per heavy atom. The molecule has 2 unspecified atom stereocenters. The molecule has 26 heavy (non-hydrogen) atoms. The van der Waals surface area contributed by atoms with E-state index < -0.39 is 0 Å². The molecule has 2 aliphatic rings. The van der Waals surface area contributed by atoms with Gasteiger partial charge in [-0.1, -0.05) is 6.42 Å². The Morgan fingerprint density at radius 1 is 1.31 bits per heavy atom. The molecule has 4 rings (SSSR count). The van der Waals surface area contributed by atoms with Crippen molar-refractivity contribution in [2.45, 2.75) is 58.0 Å². The number of nitrogens with one attached hydrogen (secondary N) is 2. The molecular weight excluding hydrogens is 328 g/mol. The molecule has 2 bridgehead atoms. The number of hydrogen-bond donors (Lipinski definition) is 3. The van der Waals surface area contributed by atoms with Gasteiger partial charge in [0.25, 0.3) is 5.91 Å². The van der Waals surface area contributed by atoms with Crippen molar-refractivity contribution in [1.29, 1.82) is 0 Å². The smallest absolute Gasteiger partial charge is 0.269 e. The van der Waals surface area contributed by atoms with Crippen LogP contribution in [0.15, 0.2) is 6.07 Å². The van der Waals surface area contributed by atoms with Gasteiger partial charge in [-0.2, -0.15) is 10.2 Å². The number of carbonyl (C=O) groups excluding carboxylic acids is 1. The fourth-order valence-corrected chi connectivity index (χ4v) is 4.96. The third-order valence-electron chi connectivity index (χ3n) is 6.26. The average Bonchev–Trinajstić information content (AvgIpc) is 3.13. The second-order valence-corrected chi connectivity index (χ2v) is 8.02. The fraction of sp³-hybridized carbons (Fsp3) is 0.632. The molecule has 2 aliphatic carbocycles. The van der Waals surface area contributed by atoms with Crippen molar-refractivity contribution in [2.75, 3.05) is 0 Å². The Balaban J connectivity index is 1.52. The van der Waals surface area contributed by atoms with E-state index in [4.69, 9.17) is 5.73 Å². The molecule has 7 nitrogen and oxygen atoms in total. The normalized spacial score (nSPS) is 28.2. The molecule has 0 aromatic carbocycles. The van der Waals surface area contributed by atoms with E-state index in [1.807, 2.05) is 31.6 Å². The lowest BCUT2D eigenvalue weighted by Crippen LogP contribution is -2.53. The summed E-state index contributed by atoms with van der Waals surface area (Å²) in [6, 6.07) is 2.36. The average molecular weight is 356 g/mol. The van der Waals surface area contributed by atoms with Crippen molar-refractivity contribution < 1.29 is 4.79 Å². The van der Waals surface area contributed by atoms with Crippen LogP contribution in [0.5, 0.6) is 0 Å². The van der Waals surface area contributed by atoms with Gasteiger partial charge in [-0.15, -0.1) is 0 Å². The van der Waals surface area contributed by atoms with Gasteiger partial charge in [-0.25, -0.2) is 0 Å². The van der Waals surface area contributed by atoms with Gasteiger partial charge in [0, 0.05) is 30.4 Å². The molecule has 7 heteroatoms. The Kier molecular flexibility index (Phi) is 4.34. The number of aryl methyl sites for hydroxylation is 2. The molecule has 0 radical (unpaired) electrons. The molecule has 2 aromatic heterocycles. The number of aromatic amines is 1. The molecule has 0 spiro atoms. The van der Waals surface area contributed by atoms with Crippen molar-refractivity contribution in [3.63, 3.8) is 0 Å². The number of nitrogens with two attached hydrogens (primary N) is 1. The molecule has 2 heterocycles. The third kappa shape index (κ3) is 2.94. The maximum atomic E-state index is 12.8. The van der Waals surface area contributed by atoms with E-state index in [0.29, 0.717) is 17.5 Å². The first-order valence-corrected chi connectivity index (χ1v) is 9.56. The van der Waals surface area contributed by atoms with Gasteiger partial charge in [-0.3, -0.25) is 14.6 Å². The molecule has 0 aliphatic heterocycles. The van der Waals surface area contributed by atoms with Gasteiger partial charge in [0.1, 0.15) is 5.69 Å². The summed E-state index contributed by atoms with van der Waals surface area (Å²) in [5, 5.41) is 15.0. The minimum absolute atomic E-state index is 0.0692. The minimum atomic E-state index is -0.0692. The first-order chi connectivity index (χ1) is 12.4. The molecular formula is C19H28N6O. The summed E-state index contributed by atoms with van der Waals surface area (Å²) in [6.45, 7) is 3.97. The molecule has 2 saturated carbocycles. The Hall–Kier alpha value is -2.15. The summed E-state index contributed by atoms with van der Waals surface area (Å²) in [6.07, 6.45) is 5.62. The lowest BCUT2D eigenvalue weighted by atomic mass is 9.67. The van der Waals surface area contributed by atoms with E-state index in [0.717, 1.165) is 48.3 Å². The zero-order valence-corrected chi connectivity index (χ0v) is 15.7. The number of amides is 1. The van der Waals surface area contributed by atoms with Gasteiger partial charge in [0.05, 0.1) is 11.4 Å². The Bertz CT molecular complexity index is 808. The summed E-state index contributed by atoms with van der Waals surface area (Å²) in [7, 11) is 1.92. The molecule has 2 fully saturated rings. The summed E-state index contributed by atoms with van der Waals surface area (Å²) in [5.41, 5.74) is 10.4. The highest BCUT2D eigenvalue weighted by Gasteiger charge is 2.40. The van der Waals surface area contributed by atoms with Crippen LogP contribution in [0.2, 0.25) is 0 Å². The van der Waals surface area contributed by atoms with E-state index >= 15 is 0 Å².